The van der Waals surface area contributed by atoms with E-state index >= 15 is 0 Å². The number of benzene rings is 2. The zero-order chi connectivity index (χ0) is 20.2. The monoisotopic (exact) mass is 391 g/mol. The van der Waals surface area contributed by atoms with Crippen molar-refractivity contribution >= 4 is 16.6 Å². The van der Waals surface area contributed by atoms with Gasteiger partial charge in [-0.1, -0.05) is 25.1 Å². The number of methoxy groups -OCH3 is 1. The molecule has 4 rings (SSSR count). The summed E-state index contributed by atoms with van der Waals surface area (Å²) in [5, 5.41) is 2.18. The lowest BCUT2D eigenvalue weighted by Gasteiger charge is -2.32. The van der Waals surface area contributed by atoms with E-state index in [1.54, 1.807) is 7.11 Å². The molecule has 1 aromatic heterocycles. The first-order valence-electron chi connectivity index (χ1n) is 10.5. The largest absolute Gasteiger partial charge is 0.497 e. The number of carbonyl (C=O) groups excluding carboxylic acids is 1. The van der Waals surface area contributed by atoms with Crippen LogP contribution in [0.4, 0.5) is 0 Å². The van der Waals surface area contributed by atoms with Crippen LogP contribution in [0.25, 0.3) is 10.8 Å². The molecule has 1 aliphatic heterocycles. The van der Waals surface area contributed by atoms with Gasteiger partial charge >= 0.3 is 0 Å². The number of nitrogens with zero attached hydrogens (tertiary/aromatic N) is 3. The number of fused-ring (bicyclic) bond motifs is 1. The first kappa shape index (κ1) is 19.6. The number of ether oxygens (including phenoxy) is 1. The van der Waals surface area contributed by atoms with Crippen molar-refractivity contribution in [3.63, 3.8) is 0 Å². The molecule has 0 unspecified atom stereocenters. The number of likely N-dealkylation sites (tertiary alicyclic amines) is 1. The van der Waals surface area contributed by atoms with Crippen molar-refractivity contribution in [1.82, 2.24) is 14.5 Å². The van der Waals surface area contributed by atoms with Crippen LogP contribution in [0.1, 0.15) is 35.9 Å². The summed E-state index contributed by atoms with van der Waals surface area (Å²) in [7, 11) is 1.67. The maximum Gasteiger partial charge on any atom is 0.167 e. The van der Waals surface area contributed by atoms with Crippen LogP contribution in [0.15, 0.2) is 48.8 Å². The van der Waals surface area contributed by atoms with E-state index in [1.807, 2.05) is 42.6 Å². The standard InChI is InChI=1S/C24H29N3O2/c1-3-23-25-10-12-27(23)14-13-26-11-4-5-21(17-26)24(28)20-7-6-19-16-22(29-2)9-8-18(19)15-20/h6-10,12,15-16,21H,3-5,11,13-14,17H2,1-2H3/t21-/m1/s1. The Balaban J connectivity index is 1.42. The van der Waals surface area contributed by atoms with Crippen LogP contribution in [0.3, 0.4) is 0 Å². The quantitative estimate of drug-likeness (QED) is 0.566. The molecule has 3 aromatic rings. The highest BCUT2D eigenvalue weighted by Crippen LogP contribution is 2.25. The molecule has 29 heavy (non-hydrogen) atoms. The smallest absolute Gasteiger partial charge is 0.167 e. The van der Waals surface area contributed by atoms with E-state index in [0.717, 1.165) is 73.4 Å². The van der Waals surface area contributed by atoms with Crippen LogP contribution in [-0.4, -0.2) is 47.0 Å². The Labute approximate surface area is 172 Å². The third kappa shape index (κ3) is 4.35. The summed E-state index contributed by atoms with van der Waals surface area (Å²) >= 11 is 0. The number of imidazole rings is 1. The highest BCUT2D eigenvalue weighted by molar-refractivity contribution is 6.01. The molecular formula is C24H29N3O2. The van der Waals surface area contributed by atoms with E-state index in [9.17, 15) is 4.79 Å². The number of Topliss-reactive ketones (excluding diaryl/α,β-unsaturated/α-hetero) is 1. The summed E-state index contributed by atoms with van der Waals surface area (Å²) in [5.41, 5.74) is 0.817. The van der Waals surface area contributed by atoms with Crippen LogP contribution in [-0.2, 0) is 13.0 Å². The van der Waals surface area contributed by atoms with Gasteiger partial charge in [0.2, 0.25) is 0 Å². The first-order chi connectivity index (χ1) is 14.2. The number of hydrogen-bond donors (Lipinski definition) is 0. The van der Waals surface area contributed by atoms with Gasteiger partial charge in [0.25, 0.3) is 0 Å². The minimum absolute atomic E-state index is 0.0767. The van der Waals surface area contributed by atoms with Crippen molar-refractivity contribution in [2.24, 2.45) is 5.92 Å². The third-order valence-electron chi connectivity index (χ3n) is 5.98. The number of ketones is 1. The van der Waals surface area contributed by atoms with Gasteiger partial charge in [-0.3, -0.25) is 4.79 Å². The molecule has 0 N–H and O–H groups in total. The fourth-order valence-electron chi connectivity index (χ4n) is 4.32. The SMILES string of the molecule is CCc1nccn1CCN1CCC[C@@H](C(=O)c2ccc3cc(OC)ccc3c2)C1. The van der Waals surface area contributed by atoms with E-state index in [0.29, 0.717) is 0 Å². The number of aryl methyl sites for hydroxylation is 1. The Hall–Kier alpha value is -2.66. The summed E-state index contributed by atoms with van der Waals surface area (Å²) in [4.78, 5) is 20.0. The molecule has 0 radical (unpaired) electrons. The summed E-state index contributed by atoms with van der Waals surface area (Å²) < 4.78 is 7.52. The molecule has 2 heterocycles. The van der Waals surface area contributed by atoms with Gasteiger partial charge in [-0.05, 0) is 48.4 Å². The molecule has 5 heteroatoms. The fourth-order valence-corrected chi connectivity index (χ4v) is 4.32. The van der Waals surface area contributed by atoms with Crippen LogP contribution >= 0.6 is 0 Å². The van der Waals surface area contributed by atoms with Crippen LogP contribution in [0.5, 0.6) is 5.75 Å². The highest BCUT2D eigenvalue weighted by atomic mass is 16.5. The molecule has 1 fully saturated rings. The first-order valence-corrected chi connectivity index (χ1v) is 10.5. The predicted octanol–water partition coefficient (Wildman–Crippen LogP) is 4.20. The lowest BCUT2D eigenvalue weighted by molar-refractivity contribution is 0.0816. The Bertz CT molecular complexity index is 995. The number of aromatic nitrogens is 2. The fraction of sp³-hybridized carbons (Fsp3) is 0.417. The van der Waals surface area contributed by atoms with Gasteiger partial charge in [-0.2, -0.15) is 0 Å². The van der Waals surface area contributed by atoms with Crippen molar-refractivity contribution in [3.05, 3.63) is 60.2 Å². The molecule has 1 saturated heterocycles. The van der Waals surface area contributed by atoms with Crippen LogP contribution in [0.2, 0.25) is 0 Å². The van der Waals surface area contributed by atoms with Crippen LogP contribution < -0.4 is 4.74 Å². The third-order valence-corrected chi connectivity index (χ3v) is 5.98. The van der Waals surface area contributed by atoms with Gasteiger partial charge in [-0.25, -0.2) is 4.98 Å². The van der Waals surface area contributed by atoms with E-state index in [-0.39, 0.29) is 11.7 Å². The van der Waals surface area contributed by atoms with E-state index < -0.39 is 0 Å². The molecule has 0 bridgehead atoms. The van der Waals surface area contributed by atoms with E-state index in [4.69, 9.17) is 4.74 Å². The molecule has 0 aliphatic carbocycles. The number of hydrogen-bond acceptors (Lipinski definition) is 4. The molecule has 1 atom stereocenters. The molecule has 0 saturated carbocycles. The molecule has 1 aliphatic rings. The number of carbonyl (C=O) groups is 1. The Morgan fingerprint density at radius 2 is 2.00 bits per heavy atom. The van der Waals surface area contributed by atoms with Crippen molar-refractivity contribution < 1.29 is 9.53 Å². The molecular weight excluding hydrogens is 362 g/mol. The van der Waals surface area contributed by atoms with Crippen molar-refractivity contribution in [1.29, 1.82) is 0 Å². The van der Waals surface area contributed by atoms with E-state index in [1.165, 1.54) is 0 Å². The van der Waals surface area contributed by atoms with Gasteiger partial charge in [0.15, 0.2) is 5.78 Å². The van der Waals surface area contributed by atoms with Gasteiger partial charge in [-0.15, -0.1) is 0 Å². The lowest BCUT2D eigenvalue weighted by atomic mass is 9.89. The summed E-state index contributed by atoms with van der Waals surface area (Å²) in [6, 6.07) is 12.0. The topological polar surface area (TPSA) is 47.4 Å². The summed E-state index contributed by atoms with van der Waals surface area (Å²) in [6.45, 7) is 5.94. The zero-order valence-electron chi connectivity index (χ0n) is 17.3. The van der Waals surface area contributed by atoms with E-state index in [2.05, 4.69) is 27.6 Å². The van der Waals surface area contributed by atoms with Gasteiger partial charge in [0.1, 0.15) is 11.6 Å². The second-order valence-electron chi connectivity index (χ2n) is 7.82. The second kappa shape index (κ2) is 8.78. The van der Waals surface area contributed by atoms with Crippen LogP contribution in [0, 0.1) is 5.92 Å². The molecule has 0 spiro atoms. The second-order valence-corrected chi connectivity index (χ2v) is 7.82. The summed E-state index contributed by atoms with van der Waals surface area (Å²) in [6.07, 6.45) is 6.92. The average Bonchev–Trinajstić information content (AvgIpc) is 3.24. The maximum absolute atomic E-state index is 13.2. The highest BCUT2D eigenvalue weighted by Gasteiger charge is 2.26. The molecule has 5 nitrogen and oxygen atoms in total. The average molecular weight is 392 g/mol. The molecule has 152 valence electrons. The minimum Gasteiger partial charge on any atom is -0.497 e. The Morgan fingerprint density at radius 3 is 2.83 bits per heavy atom. The summed E-state index contributed by atoms with van der Waals surface area (Å²) in [5.74, 6) is 2.31. The maximum atomic E-state index is 13.2. The lowest BCUT2D eigenvalue weighted by Crippen LogP contribution is -2.40. The number of piperidine rings is 1. The normalized spacial score (nSPS) is 17.5. The Kier molecular flexibility index (Phi) is 5.95. The van der Waals surface area contributed by atoms with Gasteiger partial charge < -0.3 is 14.2 Å². The van der Waals surface area contributed by atoms with Gasteiger partial charge in [0, 0.05) is 49.9 Å². The van der Waals surface area contributed by atoms with Crippen molar-refractivity contribution in [3.8, 4) is 5.75 Å². The molecule has 0 amide bonds. The van der Waals surface area contributed by atoms with Gasteiger partial charge in [0.05, 0.1) is 7.11 Å². The van der Waals surface area contributed by atoms with Crippen molar-refractivity contribution in [2.75, 3.05) is 26.7 Å². The minimum atomic E-state index is 0.0767. The zero-order valence-corrected chi connectivity index (χ0v) is 17.3. The number of rotatable bonds is 7. The van der Waals surface area contributed by atoms with Crippen molar-refractivity contribution in [2.45, 2.75) is 32.7 Å². The molecule has 2 aromatic carbocycles. The predicted molar refractivity (Wildman–Crippen MR) is 116 cm³/mol. The Morgan fingerprint density at radius 1 is 1.17 bits per heavy atom.